The van der Waals surface area contributed by atoms with E-state index in [9.17, 15) is 4.79 Å². The molecule has 4 rings (SSSR count). The molecule has 0 fully saturated rings. The van der Waals surface area contributed by atoms with Gasteiger partial charge in [0.1, 0.15) is 11.6 Å². The zero-order chi connectivity index (χ0) is 23.8. The zero-order valence-electron chi connectivity index (χ0n) is 20.1. The molecule has 0 spiro atoms. The highest BCUT2D eigenvalue weighted by Crippen LogP contribution is 2.21. The number of carbonyl (C=O) groups is 1. The quantitative estimate of drug-likeness (QED) is 0.308. The van der Waals surface area contributed by atoms with E-state index in [0.29, 0.717) is 26.0 Å². The number of amides is 1. The maximum atomic E-state index is 12.3. The van der Waals surface area contributed by atoms with Crippen molar-refractivity contribution in [3.63, 3.8) is 0 Å². The summed E-state index contributed by atoms with van der Waals surface area (Å²) in [5, 5.41) is 3.06. The van der Waals surface area contributed by atoms with Crippen LogP contribution in [0.25, 0.3) is 11.0 Å². The van der Waals surface area contributed by atoms with Crippen LogP contribution in [-0.4, -0.2) is 28.6 Å². The molecular formula is C29H33N3O2. The SMILES string of the molecule is Cc1cccc(OCCCn2c(CCNC(=O)CCc3ccccc3)nc3ccccc32)c1C. The predicted molar refractivity (Wildman–Crippen MR) is 137 cm³/mol. The average molecular weight is 456 g/mol. The third kappa shape index (κ3) is 6.04. The summed E-state index contributed by atoms with van der Waals surface area (Å²) in [5.74, 6) is 2.03. The van der Waals surface area contributed by atoms with Crippen molar-refractivity contribution in [3.8, 4) is 5.75 Å². The van der Waals surface area contributed by atoms with Crippen molar-refractivity contribution < 1.29 is 9.53 Å². The van der Waals surface area contributed by atoms with Crippen LogP contribution in [0.5, 0.6) is 5.75 Å². The average Bonchev–Trinajstić information content (AvgIpc) is 3.21. The number of carbonyl (C=O) groups excluding carboxylic acids is 1. The van der Waals surface area contributed by atoms with Crippen LogP contribution in [0.15, 0.2) is 72.8 Å². The van der Waals surface area contributed by atoms with Crippen molar-refractivity contribution in [1.29, 1.82) is 0 Å². The first-order chi connectivity index (χ1) is 16.6. The second-order valence-electron chi connectivity index (χ2n) is 8.65. The Morgan fingerprint density at radius 1 is 0.941 bits per heavy atom. The summed E-state index contributed by atoms with van der Waals surface area (Å²) < 4.78 is 8.31. The lowest BCUT2D eigenvalue weighted by molar-refractivity contribution is -0.121. The highest BCUT2D eigenvalue weighted by Gasteiger charge is 2.11. The van der Waals surface area contributed by atoms with E-state index < -0.39 is 0 Å². The van der Waals surface area contributed by atoms with Crippen LogP contribution in [0.2, 0.25) is 0 Å². The number of hydrogen-bond donors (Lipinski definition) is 1. The fourth-order valence-electron chi connectivity index (χ4n) is 4.16. The van der Waals surface area contributed by atoms with Gasteiger partial charge in [-0.05, 0) is 61.6 Å². The van der Waals surface area contributed by atoms with Crippen molar-refractivity contribution in [2.45, 2.75) is 46.1 Å². The van der Waals surface area contributed by atoms with E-state index in [-0.39, 0.29) is 5.91 Å². The lowest BCUT2D eigenvalue weighted by Gasteiger charge is -2.13. The topological polar surface area (TPSA) is 56.1 Å². The molecule has 0 radical (unpaired) electrons. The van der Waals surface area contributed by atoms with E-state index >= 15 is 0 Å². The monoisotopic (exact) mass is 455 g/mol. The maximum Gasteiger partial charge on any atom is 0.220 e. The van der Waals surface area contributed by atoms with E-state index in [2.05, 4.69) is 48.0 Å². The molecule has 1 N–H and O–H groups in total. The molecule has 0 unspecified atom stereocenters. The van der Waals surface area contributed by atoms with Crippen molar-refractivity contribution in [1.82, 2.24) is 14.9 Å². The van der Waals surface area contributed by atoms with Crippen molar-refractivity contribution in [2.75, 3.05) is 13.2 Å². The van der Waals surface area contributed by atoms with Crippen LogP contribution in [0.1, 0.15) is 35.4 Å². The molecule has 4 aromatic rings. The number of benzene rings is 3. The molecule has 0 atom stereocenters. The number of aryl methyl sites for hydroxylation is 3. The molecule has 0 aliphatic carbocycles. The molecule has 5 nitrogen and oxygen atoms in total. The molecule has 0 aliphatic rings. The number of para-hydroxylation sites is 2. The highest BCUT2D eigenvalue weighted by molar-refractivity contribution is 5.77. The van der Waals surface area contributed by atoms with Crippen LogP contribution in [0, 0.1) is 13.8 Å². The van der Waals surface area contributed by atoms with Gasteiger partial charge >= 0.3 is 0 Å². The molecule has 5 heteroatoms. The van der Waals surface area contributed by atoms with Crippen LogP contribution in [0.3, 0.4) is 0 Å². The fourth-order valence-corrected chi connectivity index (χ4v) is 4.16. The molecule has 1 aromatic heterocycles. The summed E-state index contributed by atoms with van der Waals surface area (Å²) in [6, 6.07) is 24.5. The third-order valence-corrected chi connectivity index (χ3v) is 6.23. The minimum atomic E-state index is 0.0773. The normalized spacial score (nSPS) is 11.0. The molecule has 1 heterocycles. The summed E-state index contributed by atoms with van der Waals surface area (Å²) >= 11 is 0. The number of nitrogens with zero attached hydrogens (tertiary/aromatic N) is 2. The van der Waals surface area contributed by atoms with Crippen molar-refractivity contribution >= 4 is 16.9 Å². The first kappa shape index (κ1) is 23.6. The standard InChI is InChI=1S/C29H33N3O2/c1-22-10-8-15-27(23(22)2)34-21-9-20-32-26-14-7-6-13-25(26)31-28(32)18-19-30-29(33)17-16-24-11-4-3-5-12-24/h3-8,10-15H,9,16-21H2,1-2H3,(H,30,33). The van der Waals surface area contributed by atoms with Gasteiger partial charge in [0.05, 0.1) is 17.6 Å². The number of ether oxygens (including phenoxy) is 1. The van der Waals surface area contributed by atoms with Crippen LogP contribution >= 0.6 is 0 Å². The fraction of sp³-hybridized carbons (Fsp3) is 0.310. The van der Waals surface area contributed by atoms with E-state index in [0.717, 1.165) is 42.0 Å². The highest BCUT2D eigenvalue weighted by atomic mass is 16.5. The van der Waals surface area contributed by atoms with Crippen molar-refractivity contribution in [2.24, 2.45) is 0 Å². The Hall–Kier alpha value is -3.60. The first-order valence-corrected chi connectivity index (χ1v) is 12.1. The van der Waals surface area contributed by atoms with E-state index in [1.54, 1.807) is 0 Å². The summed E-state index contributed by atoms with van der Waals surface area (Å²) in [4.78, 5) is 17.1. The number of fused-ring (bicyclic) bond motifs is 1. The van der Waals surface area contributed by atoms with Gasteiger partial charge in [-0.15, -0.1) is 0 Å². The van der Waals surface area contributed by atoms with Gasteiger partial charge in [-0.3, -0.25) is 4.79 Å². The zero-order valence-corrected chi connectivity index (χ0v) is 20.1. The van der Waals surface area contributed by atoms with Crippen LogP contribution in [-0.2, 0) is 24.2 Å². The molecule has 1 amide bonds. The second kappa shape index (κ2) is 11.5. The molecule has 0 bridgehead atoms. The van der Waals surface area contributed by atoms with E-state index in [1.807, 2.05) is 48.5 Å². The molecule has 176 valence electrons. The number of imidazole rings is 1. The predicted octanol–water partition coefficient (Wildman–Crippen LogP) is 5.41. The smallest absolute Gasteiger partial charge is 0.220 e. The van der Waals surface area contributed by atoms with Crippen molar-refractivity contribution in [3.05, 3.63) is 95.3 Å². The molecule has 34 heavy (non-hydrogen) atoms. The molecule has 0 saturated heterocycles. The summed E-state index contributed by atoms with van der Waals surface area (Å²) in [6.07, 6.45) is 2.83. The lowest BCUT2D eigenvalue weighted by Crippen LogP contribution is -2.26. The Morgan fingerprint density at radius 2 is 1.74 bits per heavy atom. The van der Waals surface area contributed by atoms with Crippen LogP contribution in [0.4, 0.5) is 0 Å². The summed E-state index contributed by atoms with van der Waals surface area (Å²) in [5.41, 5.74) is 5.73. The minimum absolute atomic E-state index is 0.0773. The molecule has 0 aliphatic heterocycles. The van der Waals surface area contributed by atoms with Crippen LogP contribution < -0.4 is 10.1 Å². The molecule has 0 saturated carbocycles. The van der Waals surface area contributed by atoms with E-state index in [1.165, 1.54) is 16.7 Å². The first-order valence-electron chi connectivity index (χ1n) is 12.1. The van der Waals surface area contributed by atoms with Gasteiger partial charge in [0.15, 0.2) is 0 Å². The number of hydrogen-bond acceptors (Lipinski definition) is 3. The summed E-state index contributed by atoms with van der Waals surface area (Å²) in [7, 11) is 0. The summed E-state index contributed by atoms with van der Waals surface area (Å²) in [6.45, 7) is 6.25. The van der Waals surface area contributed by atoms with Gasteiger partial charge in [0.2, 0.25) is 5.91 Å². The van der Waals surface area contributed by atoms with Gasteiger partial charge in [0, 0.05) is 25.9 Å². The third-order valence-electron chi connectivity index (χ3n) is 6.23. The Kier molecular flexibility index (Phi) is 7.97. The Labute approximate surface area is 201 Å². The van der Waals surface area contributed by atoms with Gasteiger partial charge in [-0.1, -0.05) is 54.6 Å². The van der Waals surface area contributed by atoms with Gasteiger partial charge < -0.3 is 14.6 Å². The second-order valence-corrected chi connectivity index (χ2v) is 8.65. The van der Waals surface area contributed by atoms with Gasteiger partial charge in [-0.2, -0.15) is 0 Å². The Balaban J connectivity index is 1.31. The largest absolute Gasteiger partial charge is 0.493 e. The maximum absolute atomic E-state index is 12.3. The van der Waals surface area contributed by atoms with Gasteiger partial charge in [-0.25, -0.2) is 4.98 Å². The molecule has 3 aromatic carbocycles. The Bertz CT molecular complexity index is 1230. The number of nitrogens with one attached hydrogen (secondary N) is 1. The van der Waals surface area contributed by atoms with Gasteiger partial charge in [0.25, 0.3) is 0 Å². The Morgan fingerprint density at radius 3 is 2.59 bits per heavy atom. The molecular weight excluding hydrogens is 422 g/mol. The number of aromatic nitrogens is 2. The minimum Gasteiger partial charge on any atom is -0.493 e. The van der Waals surface area contributed by atoms with E-state index in [4.69, 9.17) is 9.72 Å². The number of rotatable bonds is 11. The lowest BCUT2D eigenvalue weighted by atomic mass is 10.1.